The molecule has 0 unspecified atom stereocenters. The van der Waals surface area contributed by atoms with Gasteiger partial charge in [0.2, 0.25) is 5.95 Å². The summed E-state index contributed by atoms with van der Waals surface area (Å²) in [5.41, 5.74) is 0.966. The number of rotatable bonds is 3. The molecule has 0 amide bonds. The van der Waals surface area contributed by atoms with Crippen molar-refractivity contribution in [1.82, 2.24) is 14.9 Å². The third-order valence-electron chi connectivity index (χ3n) is 5.02. The van der Waals surface area contributed by atoms with Crippen LogP contribution in [0.1, 0.15) is 18.4 Å². The van der Waals surface area contributed by atoms with Crippen molar-refractivity contribution in [1.29, 1.82) is 0 Å². The molecule has 2 aliphatic rings. The fourth-order valence-corrected chi connectivity index (χ4v) is 3.88. The minimum atomic E-state index is -0.187. The van der Waals surface area contributed by atoms with Gasteiger partial charge in [-0.1, -0.05) is 12.1 Å². The van der Waals surface area contributed by atoms with Gasteiger partial charge >= 0.3 is 0 Å². The van der Waals surface area contributed by atoms with Crippen LogP contribution in [0.15, 0.2) is 42.7 Å². The largest absolute Gasteiger partial charge is 0.370 e. The Morgan fingerprint density at radius 2 is 1.88 bits per heavy atom. The van der Waals surface area contributed by atoms with E-state index in [-0.39, 0.29) is 11.4 Å². The zero-order chi connectivity index (χ0) is 17.1. The standard InChI is InChI=1S/C19H23FN4O/c20-17-5-3-16(4-6-17)13-23-11-12-25-19(14-23)7-1-10-24(15-19)18-21-8-2-9-22-18/h2-6,8-9H,1,7,10-15H2/t19-/m1/s1. The molecule has 0 bridgehead atoms. The predicted octanol–water partition coefficient (Wildman–Crippen LogP) is 2.49. The highest BCUT2D eigenvalue weighted by atomic mass is 19.1. The summed E-state index contributed by atoms with van der Waals surface area (Å²) in [7, 11) is 0. The smallest absolute Gasteiger partial charge is 0.225 e. The molecule has 1 aromatic carbocycles. The SMILES string of the molecule is Fc1ccc(CN2CCO[C@]3(CCCN(c4ncccn4)C3)C2)cc1. The van der Waals surface area contributed by atoms with Gasteiger partial charge < -0.3 is 9.64 Å². The van der Waals surface area contributed by atoms with Crippen molar-refractivity contribution < 1.29 is 9.13 Å². The zero-order valence-electron chi connectivity index (χ0n) is 14.3. The third-order valence-corrected chi connectivity index (χ3v) is 5.02. The number of nitrogens with zero attached hydrogens (tertiary/aromatic N) is 4. The Kier molecular flexibility index (Phi) is 4.63. The van der Waals surface area contributed by atoms with Crippen LogP contribution in [0.5, 0.6) is 0 Å². The Hall–Kier alpha value is -2.05. The van der Waals surface area contributed by atoms with E-state index in [4.69, 9.17) is 4.74 Å². The maximum absolute atomic E-state index is 13.1. The second-order valence-electron chi connectivity index (χ2n) is 6.94. The van der Waals surface area contributed by atoms with E-state index in [1.54, 1.807) is 12.4 Å². The van der Waals surface area contributed by atoms with Crippen LogP contribution in [0, 0.1) is 5.82 Å². The van der Waals surface area contributed by atoms with Gasteiger partial charge in [-0.05, 0) is 36.6 Å². The van der Waals surface area contributed by atoms with E-state index in [2.05, 4.69) is 19.8 Å². The lowest BCUT2D eigenvalue weighted by Gasteiger charge is -2.48. The number of morpholine rings is 1. The van der Waals surface area contributed by atoms with E-state index in [1.807, 2.05) is 18.2 Å². The van der Waals surface area contributed by atoms with Crippen LogP contribution in [0.2, 0.25) is 0 Å². The molecular formula is C19H23FN4O. The Bertz CT molecular complexity index is 692. The van der Waals surface area contributed by atoms with Gasteiger partial charge in [0, 0.05) is 38.6 Å². The lowest BCUT2D eigenvalue weighted by atomic mass is 9.90. The molecule has 2 saturated heterocycles. The highest BCUT2D eigenvalue weighted by molar-refractivity contribution is 5.31. The number of halogens is 1. The van der Waals surface area contributed by atoms with Gasteiger partial charge in [-0.15, -0.1) is 0 Å². The van der Waals surface area contributed by atoms with Crippen LogP contribution in [0.3, 0.4) is 0 Å². The first-order valence-electron chi connectivity index (χ1n) is 8.85. The van der Waals surface area contributed by atoms with Crippen LogP contribution < -0.4 is 4.90 Å². The third kappa shape index (κ3) is 3.80. The number of piperidine rings is 1. The van der Waals surface area contributed by atoms with Crippen molar-refractivity contribution in [3.8, 4) is 0 Å². The quantitative estimate of drug-likeness (QED) is 0.857. The zero-order valence-corrected chi connectivity index (χ0v) is 14.3. The molecule has 4 rings (SSSR count). The number of benzene rings is 1. The summed E-state index contributed by atoms with van der Waals surface area (Å²) in [5.74, 6) is 0.591. The summed E-state index contributed by atoms with van der Waals surface area (Å²) in [6.45, 7) is 5.12. The number of hydrogen-bond acceptors (Lipinski definition) is 5. The van der Waals surface area contributed by atoms with Gasteiger partial charge in [-0.3, -0.25) is 4.90 Å². The van der Waals surface area contributed by atoms with Crippen molar-refractivity contribution in [2.75, 3.05) is 37.7 Å². The molecule has 0 aliphatic carbocycles. The molecule has 25 heavy (non-hydrogen) atoms. The molecule has 1 spiro atoms. The molecule has 0 saturated carbocycles. The van der Waals surface area contributed by atoms with E-state index < -0.39 is 0 Å². The second-order valence-corrected chi connectivity index (χ2v) is 6.94. The summed E-state index contributed by atoms with van der Waals surface area (Å²) in [6, 6.07) is 8.62. The van der Waals surface area contributed by atoms with E-state index in [9.17, 15) is 4.39 Å². The van der Waals surface area contributed by atoms with Crippen molar-refractivity contribution in [2.24, 2.45) is 0 Å². The Labute approximate surface area is 147 Å². The van der Waals surface area contributed by atoms with E-state index in [0.717, 1.165) is 63.7 Å². The minimum absolute atomic E-state index is 0.171. The fraction of sp³-hybridized carbons (Fsp3) is 0.474. The molecule has 1 atom stereocenters. The molecular weight excluding hydrogens is 319 g/mol. The van der Waals surface area contributed by atoms with Crippen molar-refractivity contribution >= 4 is 5.95 Å². The van der Waals surface area contributed by atoms with Gasteiger partial charge in [0.15, 0.2) is 0 Å². The van der Waals surface area contributed by atoms with Crippen LogP contribution in [-0.4, -0.2) is 53.3 Å². The first-order valence-corrected chi connectivity index (χ1v) is 8.85. The maximum Gasteiger partial charge on any atom is 0.225 e. The maximum atomic E-state index is 13.1. The molecule has 1 aromatic heterocycles. The Morgan fingerprint density at radius 3 is 2.68 bits per heavy atom. The average Bonchev–Trinajstić information content (AvgIpc) is 2.65. The van der Waals surface area contributed by atoms with Gasteiger partial charge in [-0.25, -0.2) is 14.4 Å². The molecule has 2 aliphatic heterocycles. The van der Waals surface area contributed by atoms with Crippen molar-refractivity contribution in [3.63, 3.8) is 0 Å². The molecule has 6 heteroatoms. The first-order chi connectivity index (χ1) is 12.2. The normalized spacial score (nSPS) is 24.6. The van der Waals surface area contributed by atoms with E-state index in [1.165, 1.54) is 12.1 Å². The Balaban J connectivity index is 1.45. The van der Waals surface area contributed by atoms with E-state index >= 15 is 0 Å². The highest BCUT2D eigenvalue weighted by Gasteiger charge is 2.41. The second kappa shape index (κ2) is 7.06. The van der Waals surface area contributed by atoms with Crippen LogP contribution >= 0.6 is 0 Å². The lowest BCUT2D eigenvalue weighted by molar-refractivity contribution is -0.116. The number of aromatic nitrogens is 2. The number of ether oxygens (including phenoxy) is 1. The molecule has 2 fully saturated rings. The van der Waals surface area contributed by atoms with Crippen molar-refractivity contribution in [2.45, 2.75) is 25.0 Å². The van der Waals surface area contributed by atoms with Gasteiger partial charge in [0.1, 0.15) is 5.82 Å². The lowest BCUT2D eigenvalue weighted by Crippen LogP contribution is -2.59. The highest BCUT2D eigenvalue weighted by Crippen LogP contribution is 2.31. The van der Waals surface area contributed by atoms with E-state index in [0.29, 0.717) is 0 Å². The molecule has 5 nitrogen and oxygen atoms in total. The first kappa shape index (κ1) is 16.4. The fourth-order valence-electron chi connectivity index (χ4n) is 3.88. The summed E-state index contributed by atoms with van der Waals surface area (Å²) in [5, 5.41) is 0. The monoisotopic (exact) mass is 342 g/mol. The summed E-state index contributed by atoms with van der Waals surface area (Å²) in [4.78, 5) is 13.4. The van der Waals surface area contributed by atoms with Crippen LogP contribution in [0.4, 0.5) is 10.3 Å². The minimum Gasteiger partial charge on any atom is -0.370 e. The molecule has 0 radical (unpaired) electrons. The predicted molar refractivity (Wildman–Crippen MR) is 93.8 cm³/mol. The van der Waals surface area contributed by atoms with Gasteiger partial charge in [0.25, 0.3) is 0 Å². The topological polar surface area (TPSA) is 41.5 Å². The molecule has 132 valence electrons. The van der Waals surface area contributed by atoms with Crippen LogP contribution in [0.25, 0.3) is 0 Å². The number of hydrogen-bond donors (Lipinski definition) is 0. The molecule has 2 aromatic rings. The van der Waals surface area contributed by atoms with Crippen LogP contribution in [-0.2, 0) is 11.3 Å². The van der Waals surface area contributed by atoms with Gasteiger partial charge in [-0.2, -0.15) is 0 Å². The molecule has 0 N–H and O–H groups in total. The summed E-state index contributed by atoms with van der Waals surface area (Å²) >= 11 is 0. The Morgan fingerprint density at radius 1 is 1.08 bits per heavy atom. The molecule has 3 heterocycles. The number of anilines is 1. The van der Waals surface area contributed by atoms with Crippen molar-refractivity contribution in [3.05, 3.63) is 54.1 Å². The summed E-state index contributed by atoms with van der Waals surface area (Å²) < 4.78 is 19.4. The average molecular weight is 342 g/mol. The summed E-state index contributed by atoms with van der Waals surface area (Å²) in [6.07, 6.45) is 5.69. The van der Waals surface area contributed by atoms with Gasteiger partial charge in [0.05, 0.1) is 18.8 Å².